The number of fused-ring (bicyclic) bond motifs is 1. The van der Waals surface area contributed by atoms with Crippen molar-refractivity contribution in [3.8, 4) is 0 Å². The first-order valence-electron chi connectivity index (χ1n) is 3.53. The van der Waals surface area contributed by atoms with Crippen LogP contribution in [0.5, 0.6) is 0 Å². The van der Waals surface area contributed by atoms with E-state index in [0.29, 0.717) is 0 Å². The van der Waals surface area contributed by atoms with E-state index < -0.39 is 17.9 Å². The first-order chi connectivity index (χ1) is 6.20. The number of carboxylic acids is 1. The molecular formula is C7H5N3O3. The van der Waals surface area contributed by atoms with Crippen LogP contribution in [0.1, 0.15) is 0 Å². The van der Waals surface area contributed by atoms with Crippen molar-refractivity contribution in [3.05, 3.63) is 11.8 Å². The largest absolute Gasteiger partial charge is 0.478 e. The smallest absolute Gasteiger partial charge is 0.335 e. The number of carbonyl (C=O) groups is 2. The lowest BCUT2D eigenvalue weighted by Gasteiger charge is -2.13. The molecule has 1 unspecified atom stereocenters. The van der Waals surface area contributed by atoms with Gasteiger partial charge in [0.1, 0.15) is 11.8 Å². The summed E-state index contributed by atoms with van der Waals surface area (Å²) in [6.07, 6.45) is 2.35. The van der Waals surface area contributed by atoms with Gasteiger partial charge in [0.05, 0.1) is 11.9 Å². The van der Waals surface area contributed by atoms with Crippen molar-refractivity contribution in [1.82, 2.24) is 5.32 Å². The van der Waals surface area contributed by atoms with Gasteiger partial charge >= 0.3 is 5.97 Å². The van der Waals surface area contributed by atoms with Crippen LogP contribution < -0.4 is 5.32 Å². The summed E-state index contributed by atoms with van der Waals surface area (Å²) >= 11 is 0. The maximum Gasteiger partial charge on any atom is 0.335 e. The Morgan fingerprint density at radius 2 is 2.38 bits per heavy atom. The molecule has 2 aliphatic rings. The van der Waals surface area contributed by atoms with E-state index >= 15 is 0 Å². The normalized spacial score (nSPS) is 24.6. The molecule has 2 aliphatic heterocycles. The number of hydrogen-bond donors (Lipinski definition) is 2. The predicted molar refractivity (Wildman–Crippen MR) is 43.6 cm³/mol. The molecule has 2 heterocycles. The molecule has 0 radical (unpaired) electrons. The summed E-state index contributed by atoms with van der Waals surface area (Å²) in [7, 11) is 0. The summed E-state index contributed by atoms with van der Waals surface area (Å²) < 4.78 is 0. The first-order valence-corrected chi connectivity index (χ1v) is 3.53. The minimum absolute atomic E-state index is 0.0288. The maximum absolute atomic E-state index is 11.1. The molecule has 0 saturated heterocycles. The molecule has 0 saturated carbocycles. The Hall–Kier alpha value is -1.98. The number of carbonyl (C=O) groups excluding carboxylic acids is 1. The van der Waals surface area contributed by atoms with E-state index in [1.807, 2.05) is 0 Å². The van der Waals surface area contributed by atoms with Gasteiger partial charge in [0, 0.05) is 6.20 Å². The second kappa shape index (κ2) is 2.51. The van der Waals surface area contributed by atoms with Crippen molar-refractivity contribution in [2.75, 3.05) is 0 Å². The van der Waals surface area contributed by atoms with Crippen molar-refractivity contribution in [3.63, 3.8) is 0 Å². The van der Waals surface area contributed by atoms with E-state index in [9.17, 15) is 9.59 Å². The average Bonchev–Trinajstić information content (AvgIpc) is 2.48. The zero-order valence-corrected chi connectivity index (χ0v) is 6.39. The third kappa shape index (κ3) is 1.03. The highest BCUT2D eigenvalue weighted by molar-refractivity contribution is 6.46. The molecule has 1 atom stereocenters. The number of hydrogen-bond acceptors (Lipinski definition) is 4. The van der Waals surface area contributed by atoms with E-state index in [4.69, 9.17) is 5.11 Å². The summed E-state index contributed by atoms with van der Waals surface area (Å²) in [4.78, 5) is 29.2. The summed E-state index contributed by atoms with van der Waals surface area (Å²) in [5, 5.41) is 11.0. The molecule has 6 heteroatoms. The highest BCUT2D eigenvalue weighted by atomic mass is 16.4. The summed E-state index contributed by atoms with van der Waals surface area (Å²) in [6.45, 7) is 0. The fourth-order valence-electron chi connectivity index (χ4n) is 1.18. The van der Waals surface area contributed by atoms with E-state index in [1.54, 1.807) is 0 Å². The molecular weight excluding hydrogens is 174 g/mol. The van der Waals surface area contributed by atoms with E-state index in [1.165, 1.54) is 6.34 Å². The third-order valence-electron chi connectivity index (χ3n) is 1.80. The molecule has 66 valence electrons. The molecule has 0 aromatic rings. The minimum atomic E-state index is -1.10. The fraction of sp³-hybridized carbons (Fsp3) is 0.143. The first kappa shape index (κ1) is 7.66. The molecule has 2 rings (SSSR count). The number of aliphatic imine (C=N–C) groups is 2. The molecule has 0 bridgehead atoms. The number of aliphatic carboxylic acids is 1. The summed E-state index contributed by atoms with van der Waals surface area (Å²) in [6, 6.07) is -0.730. The van der Waals surface area contributed by atoms with E-state index in [-0.39, 0.29) is 11.3 Å². The van der Waals surface area contributed by atoms with Crippen LogP contribution in [0, 0.1) is 0 Å². The van der Waals surface area contributed by atoms with E-state index in [0.717, 1.165) is 6.20 Å². The monoisotopic (exact) mass is 179 g/mol. The quantitative estimate of drug-likeness (QED) is 0.537. The molecule has 13 heavy (non-hydrogen) atoms. The van der Waals surface area contributed by atoms with Crippen molar-refractivity contribution < 1.29 is 14.7 Å². The van der Waals surface area contributed by atoms with Gasteiger partial charge in [-0.2, -0.15) is 0 Å². The molecule has 1 amide bonds. The highest BCUT2D eigenvalue weighted by Crippen LogP contribution is 2.17. The molecule has 2 N–H and O–H groups in total. The number of nitrogens with one attached hydrogen (secondary N) is 1. The summed E-state index contributed by atoms with van der Waals surface area (Å²) in [5.41, 5.74) is 0.168. The maximum atomic E-state index is 11.1. The van der Waals surface area contributed by atoms with Gasteiger partial charge in [0.2, 0.25) is 0 Å². The second-order valence-corrected chi connectivity index (χ2v) is 2.56. The van der Waals surface area contributed by atoms with Gasteiger partial charge in [-0.1, -0.05) is 0 Å². The van der Waals surface area contributed by atoms with Gasteiger partial charge in [0.15, 0.2) is 0 Å². The Morgan fingerprint density at radius 3 is 3.08 bits per heavy atom. The van der Waals surface area contributed by atoms with Crippen molar-refractivity contribution in [1.29, 1.82) is 0 Å². The predicted octanol–water partition coefficient (Wildman–Crippen LogP) is -1.06. The summed E-state index contributed by atoms with van der Waals surface area (Å²) in [5.74, 6) is -1.50. The topological polar surface area (TPSA) is 91.1 Å². The van der Waals surface area contributed by atoms with Crippen LogP contribution in [-0.2, 0) is 9.59 Å². The second-order valence-electron chi connectivity index (χ2n) is 2.56. The molecule has 6 nitrogen and oxygen atoms in total. The van der Waals surface area contributed by atoms with Gasteiger partial charge in [0.25, 0.3) is 5.91 Å². The zero-order chi connectivity index (χ0) is 9.42. The van der Waals surface area contributed by atoms with Crippen LogP contribution in [0.4, 0.5) is 0 Å². The number of rotatable bonds is 1. The fourth-order valence-corrected chi connectivity index (χ4v) is 1.18. The SMILES string of the molecule is O=C(O)C1=CN=C2C(=O)NC=NC12. The molecule has 0 aromatic carbocycles. The molecule has 0 aromatic heterocycles. The van der Waals surface area contributed by atoms with Gasteiger partial charge < -0.3 is 10.4 Å². The third-order valence-corrected chi connectivity index (χ3v) is 1.80. The molecule has 0 spiro atoms. The lowest BCUT2D eigenvalue weighted by Crippen LogP contribution is -2.41. The van der Waals surface area contributed by atoms with Crippen molar-refractivity contribution >= 4 is 23.9 Å². The van der Waals surface area contributed by atoms with Crippen LogP contribution in [0.3, 0.4) is 0 Å². The molecule has 0 aliphatic carbocycles. The Bertz CT molecular complexity index is 380. The van der Waals surface area contributed by atoms with Gasteiger partial charge in [-0.05, 0) is 0 Å². The van der Waals surface area contributed by atoms with Crippen LogP contribution in [0.25, 0.3) is 0 Å². The van der Waals surface area contributed by atoms with Gasteiger partial charge in [-0.15, -0.1) is 0 Å². The Balaban J connectivity index is 2.37. The standard InChI is InChI=1S/C7H5N3O3/c11-6-5-4(9-2-10-6)3(1-8-5)7(12)13/h1-2,4H,(H,12,13)(H,9,10,11). The van der Waals surface area contributed by atoms with Crippen molar-refractivity contribution in [2.45, 2.75) is 6.04 Å². The van der Waals surface area contributed by atoms with Crippen molar-refractivity contribution in [2.24, 2.45) is 9.98 Å². The number of nitrogens with zero attached hydrogens (tertiary/aromatic N) is 2. The highest BCUT2D eigenvalue weighted by Gasteiger charge is 2.34. The minimum Gasteiger partial charge on any atom is -0.478 e. The van der Waals surface area contributed by atoms with E-state index in [2.05, 4.69) is 15.3 Å². The van der Waals surface area contributed by atoms with Crippen LogP contribution in [0.2, 0.25) is 0 Å². The lowest BCUT2D eigenvalue weighted by atomic mass is 10.1. The number of carboxylic acid groups (broad SMARTS) is 1. The lowest BCUT2D eigenvalue weighted by molar-refractivity contribution is -0.132. The van der Waals surface area contributed by atoms with Gasteiger partial charge in [-0.25, -0.2) is 4.79 Å². The van der Waals surface area contributed by atoms with Crippen LogP contribution in [-0.4, -0.2) is 35.1 Å². The van der Waals surface area contributed by atoms with Gasteiger partial charge in [-0.3, -0.25) is 14.8 Å². The molecule has 0 fully saturated rings. The van der Waals surface area contributed by atoms with Crippen LogP contribution >= 0.6 is 0 Å². The Labute approximate surface area is 72.7 Å². The Kier molecular flexibility index (Phi) is 1.48. The van der Waals surface area contributed by atoms with Crippen LogP contribution in [0.15, 0.2) is 21.8 Å². The Morgan fingerprint density at radius 1 is 1.62 bits per heavy atom. The average molecular weight is 179 g/mol. The zero-order valence-electron chi connectivity index (χ0n) is 6.39. The number of amides is 1.